The lowest BCUT2D eigenvalue weighted by Crippen LogP contribution is -2.18. The second-order valence-electron chi connectivity index (χ2n) is 4.49. The quantitative estimate of drug-likeness (QED) is 0.854. The fourth-order valence-corrected chi connectivity index (χ4v) is 2.83. The van der Waals surface area contributed by atoms with Gasteiger partial charge in [0.15, 0.2) is 0 Å². The van der Waals surface area contributed by atoms with Gasteiger partial charge in [0.1, 0.15) is 11.6 Å². The van der Waals surface area contributed by atoms with Crippen LogP contribution in [-0.2, 0) is 13.0 Å². The molecule has 1 aromatic carbocycles. The predicted octanol–water partition coefficient (Wildman–Crippen LogP) is 4.44. The van der Waals surface area contributed by atoms with Crippen molar-refractivity contribution in [2.75, 3.05) is 0 Å². The third-order valence-electron chi connectivity index (χ3n) is 3.07. The lowest BCUT2D eigenvalue weighted by molar-refractivity contribution is 0.520. The number of benzene rings is 1. The van der Waals surface area contributed by atoms with Crippen molar-refractivity contribution in [1.29, 1.82) is 0 Å². The van der Waals surface area contributed by atoms with E-state index in [0.717, 1.165) is 12.5 Å². The average molecular weight is 281 g/mol. The Labute approximate surface area is 116 Å². The summed E-state index contributed by atoms with van der Waals surface area (Å²) in [5.41, 5.74) is 0.368. The molecule has 0 saturated carbocycles. The van der Waals surface area contributed by atoms with Crippen molar-refractivity contribution in [2.45, 2.75) is 32.9 Å². The van der Waals surface area contributed by atoms with Crippen LogP contribution in [0.2, 0.25) is 0 Å². The molecule has 0 aliphatic rings. The van der Waals surface area contributed by atoms with E-state index in [1.54, 1.807) is 11.3 Å². The summed E-state index contributed by atoms with van der Waals surface area (Å²) in [6.07, 6.45) is 1.03. The van der Waals surface area contributed by atoms with E-state index in [2.05, 4.69) is 24.4 Å². The highest BCUT2D eigenvalue weighted by atomic mass is 32.1. The fourth-order valence-electron chi connectivity index (χ4n) is 1.92. The Morgan fingerprint density at radius 2 is 1.89 bits per heavy atom. The summed E-state index contributed by atoms with van der Waals surface area (Å²) in [4.78, 5) is 2.54. The maximum absolute atomic E-state index is 13.6. The smallest absolute Gasteiger partial charge is 0.128 e. The van der Waals surface area contributed by atoms with E-state index in [0.29, 0.717) is 12.1 Å². The van der Waals surface area contributed by atoms with Gasteiger partial charge >= 0.3 is 0 Å². The molecule has 0 radical (unpaired) electrons. The van der Waals surface area contributed by atoms with Crippen LogP contribution >= 0.6 is 11.3 Å². The molecule has 0 fully saturated rings. The van der Waals surface area contributed by atoms with Crippen molar-refractivity contribution in [2.24, 2.45) is 0 Å². The van der Waals surface area contributed by atoms with E-state index < -0.39 is 5.82 Å². The van der Waals surface area contributed by atoms with Crippen LogP contribution < -0.4 is 5.32 Å². The lowest BCUT2D eigenvalue weighted by Gasteiger charge is -2.14. The minimum Gasteiger partial charge on any atom is -0.305 e. The monoisotopic (exact) mass is 281 g/mol. The van der Waals surface area contributed by atoms with Gasteiger partial charge in [-0.2, -0.15) is 0 Å². The molecular formula is C15H17F2NS. The molecule has 0 amide bonds. The van der Waals surface area contributed by atoms with Crippen LogP contribution in [0, 0.1) is 11.6 Å². The molecule has 1 heterocycles. The Morgan fingerprint density at radius 1 is 1.16 bits per heavy atom. The van der Waals surface area contributed by atoms with Crippen molar-refractivity contribution >= 4 is 11.3 Å². The van der Waals surface area contributed by atoms with Gasteiger partial charge in [-0.15, -0.1) is 11.3 Å². The van der Waals surface area contributed by atoms with Gasteiger partial charge in [-0.25, -0.2) is 8.78 Å². The minimum atomic E-state index is -0.408. The van der Waals surface area contributed by atoms with E-state index in [4.69, 9.17) is 0 Å². The van der Waals surface area contributed by atoms with Gasteiger partial charge in [-0.3, -0.25) is 0 Å². The first kappa shape index (κ1) is 14.2. The summed E-state index contributed by atoms with van der Waals surface area (Å²) in [6.45, 7) is 4.63. The van der Waals surface area contributed by atoms with Crippen molar-refractivity contribution in [3.63, 3.8) is 0 Å². The summed E-state index contributed by atoms with van der Waals surface area (Å²) in [6, 6.07) is 7.52. The first-order chi connectivity index (χ1) is 9.10. The van der Waals surface area contributed by atoms with Crippen molar-refractivity contribution < 1.29 is 8.78 Å². The zero-order valence-corrected chi connectivity index (χ0v) is 11.9. The molecule has 0 bridgehead atoms. The first-order valence-electron chi connectivity index (χ1n) is 6.36. The summed E-state index contributed by atoms with van der Waals surface area (Å²) in [5, 5.41) is 3.22. The molecule has 1 N–H and O–H groups in total. The molecule has 1 atom stereocenters. The van der Waals surface area contributed by atoms with Crippen LogP contribution in [0.15, 0.2) is 30.3 Å². The molecule has 2 aromatic rings. The molecule has 19 heavy (non-hydrogen) atoms. The van der Waals surface area contributed by atoms with Crippen LogP contribution in [0.25, 0.3) is 0 Å². The van der Waals surface area contributed by atoms with Crippen molar-refractivity contribution in [3.05, 3.63) is 57.3 Å². The Hall–Kier alpha value is -1.26. The average Bonchev–Trinajstić information content (AvgIpc) is 2.87. The number of nitrogens with one attached hydrogen (secondary N) is 1. The fraction of sp³-hybridized carbons (Fsp3) is 0.333. The van der Waals surface area contributed by atoms with Gasteiger partial charge in [0, 0.05) is 27.9 Å². The van der Waals surface area contributed by atoms with E-state index in [-0.39, 0.29) is 11.9 Å². The van der Waals surface area contributed by atoms with Crippen LogP contribution in [-0.4, -0.2) is 0 Å². The van der Waals surface area contributed by atoms with Crippen LogP contribution in [0.3, 0.4) is 0 Å². The Morgan fingerprint density at radius 3 is 2.58 bits per heavy atom. The molecule has 1 nitrogen and oxygen atoms in total. The SMILES string of the molecule is CCc1ccc(CNC(C)c2cc(F)ccc2F)s1. The van der Waals surface area contributed by atoms with Gasteiger partial charge in [-0.1, -0.05) is 6.92 Å². The molecule has 1 aromatic heterocycles. The molecule has 1 unspecified atom stereocenters. The second kappa shape index (κ2) is 6.26. The van der Waals surface area contributed by atoms with Gasteiger partial charge < -0.3 is 5.32 Å². The zero-order valence-electron chi connectivity index (χ0n) is 11.0. The summed E-state index contributed by atoms with van der Waals surface area (Å²) >= 11 is 1.75. The maximum Gasteiger partial charge on any atom is 0.128 e. The zero-order chi connectivity index (χ0) is 13.8. The van der Waals surface area contributed by atoms with Crippen LogP contribution in [0.1, 0.15) is 35.2 Å². The van der Waals surface area contributed by atoms with Gasteiger partial charge in [0.2, 0.25) is 0 Å². The Bertz CT molecular complexity index is 551. The second-order valence-corrected chi connectivity index (χ2v) is 5.74. The normalized spacial score (nSPS) is 12.6. The largest absolute Gasteiger partial charge is 0.305 e. The molecule has 0 aliphatic carbocycles. The molecule has 102 valence electrons. The predicted molar refractivity (Wildman–Crippen MR) is 75.3 cm³/mol. The summed E-state index contributed by atoms with van der Waals surface area (Å²) in [7, 11) is 0. The first-order valence-corrected chi connectivity index (χ1v) is 7.17. The number of thiophene rings is 1. The van der Waals surface area contributed by atoms with Gasteiger partial charge in [0.25, 0.3) is 0 Å². The Kier molecular flexibility index (Phi) is 4.66. The van der Waals surface area contributed by atoms with E-state index in [1.165, 1.54) is 21.9 Å². The van der Waals surface area contributed by atoms with E-state index in [1.807, 2.05) is 6.92 Å². The standard InChI is InChI=1S/C15H17F2NS/c1-3-12-5-6-13(19-12)9-18-10(2)14-8-11(16)4-7-15(14)17/h4-8,10,18H,3,9H2,1-2H3. The highest BCUT2D eigenvalue weighted by Crippen LogP contribution is 2.21. The third kappa shape index (κ3) is 3.61. The molecule has 4 heteroatoms. The van der Waals surface area contributed by atoms with E-state index in [9.17, 15) is 8.78 Å². The number of aryl methyl sites for hydroxylation is 1. The van der Waals surface area contributed by atoms with Crippen LogP contribution in [0.4, 0.5) is 8.78 Å². The third-order valence-corrected chi connectivity index (χ3v) is 4.30. The molecular weight excluding hydrogens is 264 g/mol. The Balaban J connectivity index is 2.00. The molecule has 0 saturated heterocycles. The van der Waals surface area contributed by atoms with Crippen LogP contribution in [0.5, 0.6) is 0 Å². The molecule has 0 spiro atoms. The lowest BCUT2D eigenvalue weighted by atomic mass is 10.1. The number of rotatable bonds is 5. The highest BCUT2D eigenvalue weighted by Gasteiger charge is 2.12. The summed E-state index contributed by atoms with van der Waals surface area (Å²) in [5.74, 6) is -0.781. The topological polar surface area (TPSA) is 12.0 Å². The molecule has 0 aliphatic heterocycles. The number of hydrogen-bond donors (Lipinski definition) is 1. The number of halogens is 2. The maximum atomic E-state index is 13.6. The highest BCUT2D eigenvalue weighted by molar-refractivity contribution is 7.11. The van der Waals surface area contributed by atoms with Crippen molar-refractivity contribution in [1.82, 2.24) is 5.32 Å². The van der Waals surface area contributed by atoms with Crippen molar-refractivity contribution in [3.8, 4) is 0 Å². The molecule has 2 rings (SSSR count). The number of hydrogen-bond acceptors (Lipinski definition) is 2. The summed E-state index contributed by atoms with van der Waals surface area (Å²) < 4.78 is 26.7. The van der Waals surface area contributed by atoms with Gasteiger partial charge in [0.05, 0.1) is 0 Å². The minimum absolute atomic E-state index is 0.220. The van der Waals surface area contributed by atoms with E-state index >= 15 is 0 Å². The van der Waals surface area contributed by atoms with Gasteiger partial charge in [-0.05, 0) is 43.7 Å².